The van der Waals surface area contributed by atoms with Crippen LogP contribution in [0.25, 0.3) is 10.6 Å². The zero-order chi connectivity index (χ0) is 13.9. The van der Waals surface area contributed by atoms with E-state index in [2.05, 4.69) is 15.0 Å². The first-order valence-electron chi connectivity index (χ1n) is 5.69. The second kappa shape index (κ2) is 7.48. The highest BCUT2D eigenvalue weighted by Crippen LogP contribution is 2.31. The largest absolute Gasteiger partial charge is 0.318 e. The van der Waals surface area contributed by atoms with Crippen molar-refractivity contribution in [3.8, 4) is 10.6 Å². The van der Waals surface area contributed by atoms with Gasteiger partial charge in [-0.3, -0.25) is 0 Å². The van der Waals surface area contributed by atoms with Gasteiger partial charge in [0.15, 0.2) is 0 Å². The Hall–Kier alpha value is -0.510. The summed E-state index contributed by atoms with van der Waals surface area (Å²) in [7, 11) is -1.63. The summed E-state index contributed by atoms with van der Waals surface area (Å²) in [4.78, 5) is 5.23. The number of rotatable bonds is 6. The Morgan fingerprint density at radius 1 is 1.30 bits per heavy atom. The Bertz CT molecular complexity index is 651. The maximum Gasteiger partial charge on any atom is 0.250 e. The molecule has 0 aliphatic carbocycles. The second-order valence-corrected chi connectivity index (χ2v) is 8.01. The molecule has 2 rings (SSSR count). The van der Waals surface area contributed by atoms with Crippen LogP contribution in [0.3, 0.4) is 0 Å². The van der Waals surface area contributed by atoms with Crippen LogP contribution in [0.15, 0.2) is 21.7 Å². The minimum absolute atomic E-state index is 0. The minimum Gasteiger partial charge on any atom is -0.318 e. The van der Waals surface area contributed by atoms with Crippen LogP contribution < -0.4 is 10.0 Å². The summed E-state index contributed by atoms with van der Waals surface area (Å²) in [6.07, 6.45) is 0. The zero-order valence-electron chi connectivity index (χ0n) is 11.0. The third kappa shape index (κ3) is 4.24. The minimum atomic E-state index is -3.41. The van der Waals surface area contributed by atoms with Crippen molar-refractivity contribution >= 4 is 45.1 Å². The Balaban J connectivity index is 0.00000200. The molecule has 2 aromatic rings. The molecule has 9 heteroatoms. The number of hydrogen-bond acceptors (Lipinski definition) is 6. The summed E-state index contributed by atoms with van der Waals surface area (Å²) in [5.41, 5.74) is 0.837. The van der Waals surface area contributed by atoms with E-state index in [4.69, 9.17) is 0 Å². The van der Waals surface area contributed by atoms with Gasteiger partial charge in [-0.15, -0.1) is 35.1 Å². The van der Waals surface area contributed by atoms with Crippen LogP contribution in [-0.2, 0) is 10.0 Å². The Kier molecular flexibility index (Phi) is 6.56. The number of aryl methyl sites for hydroxylation is 1. The molecule has 2 N–H and O–H groups in total. The van der Waals surface area contributed by atoms with Crippen molar-refractivity contribution < 1.29 is 8.42 Å². The molecule has 0 saturated carbocycles. The molecule has 0 amide bonds. The van der Waals surface area contributed by atoms with E-state index in [-0.39, 0.29) is 12.4 Å². The number of nitrogens with one attached hydrogen (secondary N) is 2. The van der Waals surface area contributed by atoms with Crippen LogP contribution in [0.5, 0.6) is 0 Å². The quantitative estimate of drug-likeness (QED) is 0.780. The molecule has 0 atom stereocenters. The summed E-state index contributed by atoms with van der Waals surface area (Å²) >= 11 is 2.79. The van der Waals surface area contributed by atoms with E-state index in [1.807, 2.05) is 12.3 Å². The molecule has 112 valence electrons. The van der Waals surface area contributed by atoms with Gasteiger partial charge in [0.25, 0.3) is 0 Å². The van der Waals surface area contributed by atoms with Crippen LogP contribution in [0.2, 0.25) is 0 Å². The lowest BCUT2D eigenvalue weighted by molar-refractivity contribution is 0.581. The summed E-state index contributed by atoms with van der Waals surface area (Å²) in [5.74, 6) is 0. The Morgan fingerprint density at radius 3 is 2.65 bits per heavy atom. The van der Waals surface area contributed by atoms with Gasteiger partial charge in [0.1, 0.15) is 4.21 Å². The fourth-order valence-electron chi connectivity index (χ4n) is 1.46. The van der Waals surface area contributed by atoms with Gasteiger partial charge in [-0.2, -0.15) is 0 Å². The number of hydrogen-bond donors (Lipinski definition) is 2. The summed E-state index contributed by atoms with van der Waals surface area (Å²) < 4.78 is 26.9. The van der Waals surface area contributed by atoms with Gasteiger partial charge in [0, 0.05) is 18.5 Å². The van der Waals surface area contributed by atoms with Gasteiger partial charge in [-0.1, -0.05) is 0 Å². The number of nitrogens with zero attached hydrogens (tertiary/aromatic N) is 1. The van der Waals surface area contributed by atoms with Crippen molar-refractivity contribution in [3.63, 3.8) is 0 Å². The SMILES string of the molecule is CNCCNS(=O)(=O)c1ccc(-c2csc(C)n2)s1.Cl. The number of halogens is 1. The molecule has 2 heterocycles. The van der Waals surface area contributed by atoms with Crippen molar-refractivity contribution in [3.05, 3.63) is 22.5 Å². The standard InChI is InChI=1S/C11H15N3O2S3.ClH/c1-8-14-9(7-17-8)10-3-4-11(18-10)19(15,16)13-6-5-12-2;/h3-4,7,12-13H,5-6H2,1-2H3;1H. The molecule has 20 heavy (non-hydrogen) atoms. The van der Waals surface area contributed by atoms with Gasteiger partial charge in [-0.25, -0.2) is 18.1 Å². The molecule has 0 radical (unpaired) electrons. The highest BCUT2D eigenvalue weighted by atomic mass is 35.5. The molecule has 0 fully saturated rings. The highest BCUT2D eigenvalue weighted by Gasteiger charge is 2.17. The van der Waals surface area contributed by atoms with Crippen molar-refractivity contribution in [2.24, 2.45) is 0 Å². The Labute approximate surface area is 132 Å². The molecule has 0 aliphatic rings. The first-order valence-corrected chi connectivity index (χ1v) is 8.87. The third-order valence-corrected chi connectivity index (χ3v) is 6.22. The van der Waals surface area contributed by atoms with Gasteiger partial charge in [0.2, 0.25) is 10.0 Å². The molecule has 5 nitrogen and oxygen atoms in total. The number of thiazole rings is 1. The van der Waals surface area contributed by atoms with E-state index in [1.165, 1.54) is 11.3 Å². The average molecular weight is 354 g/mol. The lowest BCUT2D eigenvalue weighted by atomic mass is 10.4. The van der Waals surface area contributed by atoms with Crippen molar-refractivity contribution in [2.45, 2.75) is 11.1 Å². The molecular formula is C11H16ClN3O2S3. The number of likely N-dealkylation sites (N-methyl/N-ethyl adjacent to an activating group) is 1. The lowest BCUT2D eigenvalue weighted by Crippen LogP contribution is -2.29. The number of thiophene rings is 1. The van der Waals surface area contributed by atoms with Crippen LogP contribution in [0, 0.1) is 6.92 Å². The highest BCUT2D eigenvalue weighted by molar-refractivity contribution is 7.91. The zero-order valence-corrected chi connectivity index (χ0v) is 14.3. The predicted octanol–water partition coefficient (Wildman–Crippen LogP) is 2.10. The number of sulfonamides is 1. The maximum absolute atomic E-state index is 12.0. The summed E-state index contributed by atoms with van der Waals surface area (Å²) in [6.45, 7) is 2.91. The Morgan fingerprint density at radius 2 is 2.05 bits per heavy atom. The normalized spacial score (nSPS) is 11.3. The molecule has 0 spiro atoms. The third-order valence-electron chi connectivity index (χ3n) is 2.38. The van der Waals surface area contributed by atoms with E-state index in [0.29, 0.717) is 17.3 Å². The van der Waals surface area contributed by atoms with Gasteiger partial charge in [0.05, 0.1) is 15.6 Å². The molecular weight excluding hydrogens is 338 g/mol. The van der Waals surface area contributed by atoms with Crippen LogP contribution >= 0.6 is 35.1 Å². The number of aromatic nitrogens is 1. The van der Waals surface area contributed by atoms with Gasteiger partial charge < -0.3 is 5.32 Å². The fourth-order valence-corrected chi connectivity index (χ4v) is 4.49. The summed E-state index contributed by atoms with van der Waals surface area (Å²) in [5, 5.41) is 5.80. The molecule has 0 aliphatic heterocycles. The van der Waals surface area contributed by atoms with E-state index in [1.54, 1.807) is 30.5 Å². The molecule has 0 saturated heterocycles. The second-order valence-electron chi connectivity index (χ2n) is 3.87. The van der Waals surface area contributed by atoms with E-state index < -0.39 is 10.0 Å². The van der Waals surface area contributed by atoms with Crippen molar-refractivity contribution in [1.29, 1.82) is 0 Å². The topological polar surface area (TPSA) is 71.1 Å². The maximum atomic E-state index is 12.0. The van der Waals surface area contributed by atoms with Crippen molar-refractivity contribution in [1.82, 2.24) is 15.0 Å². The predicted molar refractivity (Wildman–Crippen MR) is 86.5 cm³/mol. The molecule has 2 aromatic heterocycles. The van der Waals surface area contributed by atoms with Crippen LogP contribution in [0.1, 0.15) is 5.01 Å². The van der Waals surface area contributed by atoms with Gasteiger partial charge >= 0.3 is 0 Å². The summed E-state index contributed by atoms with van der Waals surface area (Å²) in [6, 6.07) is 3.42. The fraction of sp³-hybridized carbons (Fsp3) is 0.364. The average Bonchev–Trinajstić information content (AvgIpc) is 2.97. The first kappa shape index (κ1) is 17.5. The lowest BCUT2D eigenvalue weighted by Gasteiger charge is -2.03. The van der Waals surface area contributed by atoms with E-state index in [0.717, 1.165) is 15.6 Å². The molecule has 0 unspecified atom stereocenters. The molecule has 0 aromatic carbocycles. The van der Waals surface area contributed by atoms with Crippen LogP contribution in [0.4, 0.5) is 0 Å². The monoisotopic (exact) mass is 353 g/mol. The smallest absolute Gasteiger partial charge is 0.250 e. The van der Waals surface area contributed by atoms with Crippen molar-refractivity contribution in [2.75, 3.05) is 20.1 Å². The van der Waals surface area contributed by atoms with E-state index >= 15 is 0 Å². The van der Waals surface area contributed by atoms with E-state index in [9.17, 15) is 8.42 Å². The molecule has 0 bridgehead atoms. The van der Waals surface area contributed by atoms with Gasteiger partial charge in [-0.05, 0) is 26.1 Å². The van der Waals surface area contributed by atoms with Crippen LogP contribution in [-0.4, -0.2) is 33.5 Å². The first-order chi connectivity index (χ1) is 9.03.